The summed E-state index contributed by atoms with van der Waals surface area (Å²) in [6.45, 7) is 6.87. The smallest absolute Gasteiger partial charge is 0.149 e. The van der Waals surface area contributed by atoms with E-state index in [0.29, 0.717) is 11.6 Å². The van der Waals surface area contributed by atoms with Gasteiger partial charge in [0.25, 0.3) is 0 Å². The van der Waals surface area contributed by atoms with E-state index >= 15 is 0 Å². The molecule has 1 aromatic carbocycles. The second kappa shape index (κ2) is 8.52. The zero-order valence-corrected chi connectivity index (χ0v) is 18.0. The van der Waals surface area contributed by atoms with Crippen LogP contribution in [-0.4, -0.2) is 53.1 Å². The number of halogens is 1. The number of nitrogens with zero attached hydrogens (tertiary/aromatic N) is 5. The van der Waals surface area contributed by atoms with E-state index in [2.05, 4.69) is 31.7 Å². The fourth-order valence-corrected chi connectivity index (χ4v) is 4.40. The highest BCUT2D eigenvalue weighted by Crippen LogP contribution is 2.29. The molecule has 0 N–H and O–H groups in total. The van der Waals surface area contributed by atoms with Crippen LogP contribution in [0.4, 0.5) is 10.2 Å². The van der Waals surface area contributed by atoms with E-state index in [9.17, 15) is 4.39 Å². The first-order chi connectivity index (χ1) is 14.5. The lowest BCUT2D eigenvalue weighted by atomic mass is 10.0. The lowest BCUT2D eigenvalue weighted by molar-refractivity contribution is 0.200. The van der Waals surface area contributed by atoms with E-state index in [1.54, 1.807) is 13.2 Å². The molecular formula is C23H28FN5O. The predicted octanol–water partition coefficient (Wildman–Crippen LogP) is 3.89. The number of hydrogen-bond acceptors (Lipinski definition) is 6. The Morgan fingerprint density at radius 3 is 2.67 bits per heavy atom. The summed E-state index contributed by atoms with van der Waals surface area (Å²) in [4.78, 5) is 17.8. The van der Waals surface area contributed by atoms with Crippen molar-refractivity contribution in [3.05, 3.63) is 53.4 Å². The van der Waals surface area contributed by atoms with Crippen molar-refractivity contribution in [3.63, 3.8) is 0 Å². The van der Waals surface area contributed by atoms with Crippen LogP contribution in [0.2, 0.25) is 0 Å². The zero-order chi connectivity index (χ0) is 21.3. The van der Waals surface area contributed by atoms with Crippen LogP contribution >= 0.6 is 0 Å². The molecule has 0 unspecified atom stereocenters. The number of likely N-dealkylation sites (tertiary alicyclic amines) is 1. The standard InChI is InChI=1S/C23H28FN5O/c1-15-12-25-20(16(2)22(15)30-4)13-29-10-8-17(9-11-29)28(3)23-18-6-5-7-19(24)21(18)26-14-27-23/h5-7,12,14,17H,8-11,13H2,1-4H3. The maximum absolute atomic E-state index is 14.1. The van der Waals surface area contributed by atoms with Gasteiger partial charge in [-0.25, -0.2) is 14.4 Å². The van der Waals surface area contributed by atoms with Crippen LogP contribution < -0.4 is 9.64 Å². The number of ether oxygens (including phenoxy) is 1. The fourth-order valence-electron chi connectivity index (χ4n) is 4.40. The van der Waals surface area contributed by atoms with Crippen LogP contribution in [0.15, 0.2) is 30.7 Å². The number of para-hydroxylation sites is 1. The molecule has 1 saturated heterocycles. The Hall–Kier alpha value is -2.80. The SMILES string of the molecule is COc1c(C)cnc(CN2CCC(N(C)c3ncnc4c(F)cccc34)CC2)c1C. The van der Waals surface area contributed by atoms with Gasteiger partial charge >= 0.3 is 0 Å². The monoisotopic (exact) mass is 409 g/mol. The predicted molar refractivity (Wildman–Crippen MR) is 116 cm³/mol. The average Bonchev–Trinajstić information content (AvgIpc) is 2.76. The first-order valence-electron chi connectivity index (χ1n) is 10.3. The molecule has 0 amide bonds. The van der Waals surface area contributed by atoms with Gasteiger partial charge in [-0.05, 0) is 38.8 Å². The van der Waals surface area contributed by atoms with Crippen molar-refractivity contribution in [2.75, 3.05) is 32.1 Å². The molecule has 0 saturated carbocycles. The van der Waals surface area contributed by atoms with E-state index in [-0.39, 0.29) is 5.82 Å². The van der Waals surface area contributed by atoms with Gasteiger partial charge in [-0.15, -0.1) is 0 Å². The van der Waals surface area contributed by atoms with Crippen LogP contribution in [0.5, 0.6) is 5.75 Å². The largest absolute Gasteiger partial charge is 0.496 e. The van der Waals surface area contributed by atoms with Crippen molar-refractivity contribution in [1.29, 1.82) is 0 Å². The molecule has 1 aliphatic heterocycles. The number of hydrogen-bond donors (Lipinski definition) is 0. The molecular weight excluding hydrogens is 381 g/mol. The summed E-state index contributed by atoms with van der Waals surface area (Å²) in [7, 11) is 3.76. The van der Waals surface area contributed by atoms with Crippen LogP contribution in [0.3, 0.4) is 0 Å². The molecule has 0 bridgehead atoms. The van der Waals surface area contributed by atoms with E-state index in [4.69, 9.17) is 4.74 Å². The number of piperidine rings is 1. The minimum Gasteiger partial charge on any atom is -0.496 e. The van der Waals surface area contributed by atoms with Gasteiger partial charge in [0.1, 0.15) is 29.2 Å². The lowest BCUT2D eigenvalue weighted by Gasteiger charge is -2.37. The van der Waals surface area contributed by atoms with Gasteiger partial charge in [0.15, 0.2) is 0 Å². The summed E-state index contributed by atoms with van der Waals surface area (Å²) < 4.78 is 19.7. The molecule has 158 valence electrons. The van der Waals surface area contributed by atoms with E-state index in [1.165, 1.54) is 12.4 Å². The molecule has 6 nitrogen and oxygen atoms in total. The Bertz CT molecular complexity index is 1050. The second-order valence-corrected chi connectivity index (χ2v) is 8.00. The summed E-state index contributed by atoms with van der Waals surface area (Å²) >= 11 is 0. The number of aryl methyl sites for hydroxylation is 1. The highest BCUT2D eigenvalue weighted by Gasteiger charge is 2.25. The number of anilines is 1. The van der Waals surface area contributed by atoms with Crippen molar-refractivity contribution in [2.45, 2.75) is 39.3 Å². The molecule has 1 fully saturated rings. The number of aromatic nitrogens is 3. The van der Waals surface area contributed by atoms with Gasteiger partial charge in [0, 0.05) is 55.4 Å². The van der Waals surface area contributed by atoms with Crippen LogP contribution in [0.25, 0.3) is 10.9 Å². The van der Waals surface area contributed by atoms with Crippen LogP contribution in [0.1, 0.15) is 29.7 Å². The Labute approximate surface area is 176 Å². The topological polar surface area (TPSA) is 54.4 Å². The van der Waals surface area contributed by atoms with E-state index in [0.717, 1.165) is 66.3 Å². The third-order valence-electron chi connectivity index (χ3n) is 6.16. The van der Waals surface area contributed by atoms with Crippen molar-refractivity contribution in [1.82, 2.24) is 19.9 Å². The maximum Gasteiger partial charge on any atom is 0.149 e. The van der Waals surface area contributed by atoms with Gasteiger partial charge in [0.2, 0.25) is 0 Å². The van der Waals surface area contributed by atoms with Gasteiger partial charge in [-0.3, -0.25) is 9.88 Å². The quantitative estimate of drug-likeness (QED) is 0.637. The number of rotatable bonds is 5. The molecule has 2 aromatic heterocycles. The molecule has 0 atom stereocenters. The van der Waals surface area contributed by atoms with Crippen LogP contribution in [-0.2, 0) is 6.54 Å². The third-order valence-corrected chi connectivity index (χ3v) is 6.16. The van der Waals surface area contributed by atoms with Gasteiger partial charge in [0.05, 0.1) is 12.8 Å². The van der Waals surface area contributed by atoms with Crippen LogP contribution in [0, 0.1) is 19.7 Å². The number of pyridine rings is 1. The minimum atomic E-state index is -0.309. The molecule has 0 spiro atoms. The summed E-state index contributed by atoms with van der Waals surface area (Å²) in [6, 6.07) is 5.39. The number of benzene rings is 1. The zero-order valence-electron chi connectivity index (χ0n) is 18.0. The van der Waals surface area contributed by atoms with Gasteiger partial charge in [-0.1, -0.05) is 6.07 Å². The summed E-state index contributed by atoms with van der Waals surface area (Å²) in [5.41, 5.74) is 3.63. The second-order valence-electron chi connectivity index (χ2n) is 8.00. The Morgan fingerprint density at radius 2 is 1.93 bits per heavy atom. The van der Waals surface area contributed by atoms with Gasteiger partial charge < -0.3 is 9.64 Å². The molecule has 4 rings (SSSR count). The minimum absolute atomic E-state index is 0.309. The van der Waals surface area contributed by atoms with Gasteiger partial charge in [-0.2, -0.15) is 0 Å². The number of fused-ring (bicyclic) bond motifs is 1. The number of methoxy groups -OCH3 is 1. The average molecular weight is 410 g/mol. The van der Waals surface area contributed by atoms with Crippen molar-refractivity contribution < 1.29 is 9.13 Å². The first kappa shape index (κ1) is 20.5. The molecule has 1 aliphatic rings. The molecule has 30 heavy (non-hydrogen) atoms. The Balaban J connectivity index is 1.45. The Kier molecular flexibility index (Phi) is 5.81. The van der Waals surface area contributed by atoms with E-state index < -0.39 is 0 Å². The molecule has 7 heteroatoms. The van der Waals surface area contributed by atoms with Crippen molar-refractivity contribution >= 4 is 16.7 Å². The summed E-state index contributed by atoms with van der Waals surface area (Å²) in [5.74, 6) is 1.41. The third kappa shape index (κ3) is 3.81. The maximum atomic E-state index is 14.1. The lowest BCUT2D eigenvalue weighted by Crippen LogP contribution is -2.43. The summed E-state index contributed by atoms with van der Waals surface area (Å²) in [5, 5.41) is 0.758. The highest BCUT2D eigenvalue weighted by molar-refractivity contribution is 5.89. The molecule has 3 heterocycles. The molecule has 0 radical (unpaired) electrons. The first-order valence-corrected chi connectivity index (χ1v) is 10.3. The highest BCUT2D eigenvalue weighted by atomic mass is 19.1. The molecule has 3 aromatic rings. The van der Waals surface area contributed by atoms with E-state index in [1.807, 2.05) is 26.2 Å². The van der Waals surface area contributed by atoms with Crippen molar-refractivity contribution in [3.8, 4) is 5.75 Å². The normalized spacial score (nSPS) is 15.5. The summed E-state index contributed by atoms with van der Waals surface area (Å²) in [6.07, 6.45) is 5.37. The fraction of sp³-hybridized carbons (Fsp3) is 0.435. The van der Waals surface area contributed by atoms with Crippen molar-refractivity contribution in [2.24, 2.45) is 0 Å². The molecule has 0 aliphatic carbocycles. The Morgan fingerprint density at radius 1 is 1.17 bits per heavy atom.